The van der Waals surface area contributed by atoms with Crippen LogP contribution in [-0.4, -0.2) is 23.2 Å². The van der Waals surface area contributed by atoms with Crippen LogP contribution in [0.3, 0.4) is 0 Å². The molecular formula is C13H9F3N2O3. The third-order valence-corrected chi connectivity index (χ3v) is 3.40. The van der Waals surface area contributed by atoms with Crippen molar-refractivity contribution in [3.63, 3.8) is 0 Å². The first kappa shape index (κ1) is 13.6. The molecule has 110 valence electrons. The van der Waals surface area contributed by atoms with E-state index < -0.39 is 28.8 Å². The van der Waals surface area contributed by atoms with Crippen LogP contribution in [-0.2, 0) is 14.9 Å². The lowest BCUT2D eigenvalue weighted by atomic mass is 10.1. The maximum Gasteiger partial charge on any atom is 0.321 e. The summed E-state index contributed by atoms with van der Waals surface area (Å²) in [5.41, 5.74) is -1.06. The highest BCUT2D eigenvalue weighted by molar-refractivity contribution is 5.85. The molecule has 0 unspecified atom stereocenters. The Bertz CT molecular complexity index is 702. The molecule has 1 heterocycles. The second-order valence-electron chi connectivity index (χ2n) is 4.75. The lowest BCUT2D eigenvalue weighted by molar-refractivity contribution is -0.144. The molecule has 1 saturated carbocycles. The maximum absolute atomic E-state index is 13.2. The van der Waals surface area contributed by atoms with Crippen molar-refractivity contribution >= 4 is 5.97 Å². The molecule has 3 rings (SSSR count). The Morgan fingerprint density at radius 2 is 1.90 bits per heavy atom. The van der Waals surface area contributed by atoms with Crippen molar-refractivity contribution in [2.24, 2.45) is 0 Å². The number of esters is 1. The van der Waals surface area contributed by atoms with E-state index in [4.69, 9.17) is 4.52 Å². The standard InChI is InChI=1S/C13H9F3N2O3/c1-20-12(19)13(2-3-13)11-17-10(18-21-11)6-4-7(14)9(16)8(15)5-6/h4-5H,2-3H2,1H3. The molecule has 0 saturated heterocycles. The summed E-state index contributed by atoms with van der Waals surface area (Å²) in [7, 11) is 1.24. The molecule has 0 atom stereocenters. The van der Waals surface area contributed by atoms with Crippen LogP contribution in [0.1, 0.15) is 18.7 Å². The van der Waals surface area contributed by atoms with Gasteiger partial charge in [-0.3, -0.25) is 4.79 Å². The van der Waals surface area contributed by atoms with Gasteiger partial charge in [0.15, 0.2) is 17.5 Å². The topological polar surface area (TPSA) is 65.2 Å². The lowest BCUT2D eigenvalue weighted by Crippen LogP contribution is -2.22. The number of hydrogen-bond donors (Lipinski definition) is 0. The van der Waals surface area contributed by atoms with Crippen LogP contribution in [0.5, 0.6) is 0 Å². The normalized spacial score (nSPS) is 15.8. The van der Waals surface area contributed by atoms with Gasteiger partial charge in [0.1, 0.15) is 5.41 Å². The van der Waals surface area contributed by atoms with Crippen molar-refractivity contribution in [3.8, 4) is 11.4 Å². The summed E-state index contributed by atoms with van der Waals surface area (Å²) in [5.74, 6) is -4.90. The SMILES string of the molecule is COC(=O)C1(c2nc(-c3cc(F)c(F)c(F)c3)no2)CC1. The molecule has 0 radical (unpaired) electrons. The monoisotopic (exact) mass is 298 g/mol. The third-order valence-electron chi connectivity index (χ3n) is 3.40. The Morgan fingerprint density at radius 1 is 1.29 bits per heavy atom. The molecule has 1 aliphatic rings. The van der Waals surface area contributed by atoms with E-state index in [2.05, 4.69) is 14.9 Å². The molecule has 0 N–H and O–H groups in total. The highest BCUT2D eigenvalue weighted by Crippen LogP contribution is 2.48. The molecule has 2 aromatic rings. The van der Waals surface area contributed by atoms with Gasteiger partial charge in [0.25, 0.3) is 0 Å². The minimum atomic E-state index is -1.57. The number of benzene rings is 1. The number of halogens is 3. The van der Waals surface area contributed by atoms with Gasteiger partial charge in [-0.05, 0) is 25.0 Å². The fourth-order valence-electron chi connectivity index (χ4n) is 2.05. The predicted molar refractivity (Wildman–Crippen MR) is 62.5 cm³/mol. The average molecular weight is 298 g/mol. The molecule has 0 bridgehead atoms. The van der Waals surface area contributed by atoms with E-state index in [1.54, 1.807) is 0 Å². The molecule has 0 amide bonds. The number of rotatable bonds is 3. The summed E-state index contributed by atoms with van der Waals surface area (Å²) < 4.78 is 48.9. The van der Waals surface area contributed by atoms with Gasteiger partial charge < -0.3 is 9.26 Å². The van der Waals surface area contributed by atoms with Gasteiger partial charge in [-0.15, -0.1) is 0 Å². The minimum Gasteiger partial charge on any atom is -0.468 e. The number of carbonyl (C=O) groups is 1. The molecule has 1 aromatic carbocycles. The van der Waals surface area contributed by atoms with Gasteiger partial charge in [-0.2, -0.15) is 4.98 Å². The van der Waals surface area contributed by atoms with E-state index in [-0.39, 0.29) is 17.3 Å². The van der Waals surface area contributed by atoms with Gasteiger partial charge in [0, 0.05) is 5.56 Å². The summed E-state index contributed by atoms with van der Waals surface area (Å²) in [5, 5.41) is 3.57. The second-order valence-corrected chi connectivity index (χ2v) is 4.75. The Labute approximate surface area is 116 Å². The first-order chi connectivity index (χ1) is 9.98. The molecule has 1 aliphatic carbocycles. The maximum atomic E-state index is 13.2. The lowest BCUT2D eigenvalue weighted by Gasteiger charge is -2.05. The van der Waals surface area contributed by atoms with Gasteiger partial charge in [0.05, 0.1) is 7.11 Å². The molecule has 8 heteroatoms. The number of aromatic nitrogens is 2. The fraction of sp³-hybridized carbons (Fsp3) is 0.308. The first-order valence-corrected chi connectivity index (χ1v) is 6.05. The van der Waals surface area contributed by atoms with Crippen LogP contribution >= 0.6 is 0 Å². The number of nitrogens with zero attached hydrogens (tertiary/aromatic N) is 2. The largest absolute Gasteiger partial charge is 0.468 e. The van der Waals surface area contributed by atoms with E-state index in [0.29, 0.717) is 12.8 Å². The van der Waals surface area contributed by atoms with Gasteiger partial charge in [-0.1, -0.05) is 5.16 Å². The first-order valence-electron chi connectivity index (χ1n) is 6.05. The predicted octanol–water partition coefficient (Wildman–Crippen LogP) is 2.36. The Hall–Kier alpha value is -2.38. The molecule has 5 nitrogen and oxygen atoms in total. The number of hydrogen-bond acceptors (Lipinski definition) is 5. The van der Waals surface area contributed by atoms with Crippen molar-refractivity contribution in [2.75, 3.05) is 7.11 Å². The molecule has 0 spiro atoms. The van der Waals surface area contributed by atoms with Crippen molar-refractivity contribution in [1.82, 2.24) is 10.1 Å². The molecule has 1 fully saturated rings. The molecule has 0 aliphatic heterocycles. The summed E-state index contributed by atoms with van der Waals surface area (Å²) in [6, 6.07) is 1.51. The van der Waals surface area contributed by atoms with Crippen molar-refractivity contribution in [3.05, 3.63) is 35.5 Å². The molecular weight excluding hydrogens is 289 g/mol. The average Bonchev–Trinajstić information content (AvgIpc) is 3.13. The van der Waals surface area contributed by atoms with Gasteiger partial charge in [-0.25, -0.2) is 13.2 Å². The highest BCUT2D eigenvalue weighted by atomic mass is 19.2. The highest BCUT2D eigenvalue weighted by Gasteiger charge is 2.57. The zero-order chi connectivity index (χ0) is 15.2. The number of ether oxygens (including phenoxy) is 1. The van der Waals surface area contributed by atoms with Crippen LogP contribution in [0, 0.1) is 17.5 Å². The summed E-state index contributed by atoms with van der Waals surface area (Å²) in [6.45, 7) is 0. The van der Waals surface area contributed by atoms with Gasteiger partial charge in [0.2, 0.25) is 11.7 Å². The van der Waals surface area contributed by atoms with E-state index in [1.807, 2.05) is 0 Å². The van der Waals surface area contributed by atoms with Crippen molar-refractivity contribution < 1.29 is 27.2 Å². The number of carbonyl (C=O) groups excluding carboxylic acids is 1. The Balaban J connectivity index is 1.98. The van der Waals surface area contributed by atoms with Crippen LogP contribution in [0.25, 0.3) is 11.4 Å². The second kappa shape index (κ2) is 4.57. The molecule has 1 aromatic heterocycles. The van der Waals surface area contributed by atoms with E-state index >= 15 is 0 Å². The van der Waals surface area contributed by atoms with Crippen LogP contribution in [0.4, 0.5) is 13.2 Å². The summed E-state index contributed by atoms with van der Waals surface area (Å²) >= 11 is 0. The van der Waals surface area contributed by atoms with Crippen LogP contribution in [0.15, 0.2) is 16.7 Å². The van der Waals surface area contributed by atoms with Crippen molar-refractivity contribution in [2.45, 2.75) is 18.3 Å². The quantitative estimate of drug-likeness (QED) is 0.643. The van der Waals surface area contributed by atoms with Gasteiger partial charge >= 0.3 is 5.97 Å². The van der Waals surface area contributed by atoms with E-state index in [1.165, 1.54) is 7.11 Å². The fourth-order valence-corrected chi connectivity index (χ4v) is 2.05. The van der Waals surface area contributed by atoms with Crippen LogP contribution in [0.2, 0.25) is 0 Å². The molecule has 21 heavy (non-hydrogen) atoms. The van der Waals surface area contributed by atoms with E-state index in [0.717, 1.165) is 12.1 Å². The van der Waals surface area contributed by atoms with Crippen molar-refractivity contribution in [1.29, 1.82) is 0 Å². The number of methoxy groups -OCH3 is 1. The summed E-state index contributed by atoms with van der Waals surface area (Å²) in [6.07, 6.45) is 0.987. The third kappa shape index (κ3) is 2.07. The summed E-state index contributed by atoms with van der Waals surface area (Å²) in [4.78, 5) is 15.6. The smallest absolute Gasteiger partial charge is 0.321 e. The zero-order valence-corrected chi connectivity index (χ0v) is 10.8. The minimum absolute atomic E-state index is 0.0227. The Morgan fingerprint density at radius 3 is 2.43 bits per heavy atom. The van der Waals surface area contributed by atoms with E-state index in [9.17, 15) is 18.0 Å². The zero-order valence-electron chi connectivity index (χ0n) is 10.8. The van der Waals surface area contributed by atoms with Crippen LogP contribution < -0.4 is 0 Å². The Kier molecular flexibility index (Phi) is 2.96.